The number of nitrogens with zero attached hydrogens (tertiary/aromatic N) is 2. The Balaban J connectivity index is 1.46. The molecule has 5 nitrogen and oxygen atoms in total. The van der Waals surface area contributed by atoms with Crippen LogP contribution in [0.2, 0.25) is 0 Å². The zero-order valence-corrected chi connectivity index (χ0v) is 14.3. The van der Waals surface area contributed by atoms with Crippen molar-refractivity contribution in [1.82, 2.24) is 15.2 Å². The van der Waals surface area contributed by atoms with E-state index in [0.717, 1.165) is 25.2 Å². The number of carbonyl (C=O) groups excluding carboxylic acids is 1. The van der Waals surface area contributed by atoms with Gasteiger partial charge in [0.15, 0.2) is 0 Å². The number of aromatic nitrogens is 1. The van der Waals surface area contributed by atoms with Gasteiger partial charge in [0.25, 0.3) is 0 Å². The third-order valence-electron chi connectivity index (χ3n) is 5.46. The van der Waals surface area contributed by atoms with Crippen LogP contribution in [-0.4, -0.2) is 41.1 Å². The molecular weight excluding hydrogens is 312 g/mol. The Labute approximate surface area is 148 Å². The van der Waals surface area contributed by atoms with E-state index in [2.05, 4.69) is 26.6 Å². The van der Waals surface area contributed by atoms with Gasteiger partial charge in [-0.3, -0.25) is 9.88 Å². The van der Waals surface area contributed by atoms with E-state index in [-0.39, 0.29) is 12.1 Å². The number of carbonyl (C=O) groups is 1. The number of piperidine rings is 3. The molecule has 3 aliphatic heterocycles. The Hall–Kier alpha value is -2.40. The topological polar surface area (TPSA) is 57.3 Å². The number of para-hydroxylation sites is 1. The molecule has 2 aromatic rings. The quantitative estimate of drug-likeness (QED) is 0.903. The van der Waals surface area contributed by atoms with E-state index in [0.29, 0.717) is 12.0 Å². The second kappa shape index (κ2) is 7.23. The molecule has 0 unspecified atom stereocenters. The first-order valence-electron chi connectivity index (χ1n) is 9.05. The number of nitrogens with one attached hydrogen (secondary N) is 2. The Bertz CT molecular complexity index is 698. The molecule has 2 atom stereocenters. The second-order valence-electron chi connectivity index (χ2n) is 7.00. The number of anilines is 1. The van der Waals surface area contributed by atoms with Crippen molar-refractivity contribution in [2.45, 2.75) is 31.3 Å². The van der Waals surface area contributed by atoms with E-state index in [9.17, 15) is 4.79 Å². The Morgan fingerprint density at radius 3 is 2.64 bits per heavy atom. The summed E-state index contributed by atoms with van der Waals surface area (Å²) in [6, 6.07) is 14.1. The third-order valence-corrected chi connectivity index (χ3v) is 5.46. The van der Waals surface area contributed by atoms with Crippen LogP contribution in [0, 0.1) is 5.92 Å². The molecule has 130 valence electrons. The summed E-state index contributed by atoms with van der Waals surface area (Å²) in [7, 11) is 0. The van der Waals surface area contributed by atoms with E-state index in [1.165, 1.54) is 18.4 Å². The van der Waals surface area contributed by atoms with Gasteiger partial charge in [0, 0.05) is 30.2 Å². The first-order valence-corrected chi connectivity index (χ1v) is 9.05. The van der Waals surface area contributed by atoms with Crippen LogP contribution in [0.25, 0.3) is 0 Å². The highest BCUT2D eigenvalue weighted by Gasteiger charge is 2.42. The van der Waals surface area contributed by atoms with Crippen LogP contribution >= 0.6 is 0 Å². The number of amides is 2. The van der Waals surface area contributed by atoms with E-state index in [4.69, 9.17) is 0 Å². The first-order chi connectivity index (χ1) is 12.3. The molecule has 3 fully saturated rings. The minimum Gasteiger partial charge on any atom is -0.333 e. The Morgan fingerprint density at radius 2 is 1.92 bits per heavy atom. The number of urea groups is 1. The molecule has 0 saturated carbocycles. The molecule has 5 heteroatoms. The fraction of sp³-hybridized carbons (Fsp3) is 0.400. The summed E-state index contributed by atoms with van der Waals surface area (Å²) in [6.45, 7) is 2.27. The zero-order valence-electron chi connectivity index (χ0n) is 14.3. The number of pyridine rings is 1. The normalized spacial score (nSPS) is 27.7. The Kier molecular flexibility index (Phi) is 4.65. The van der Waals surface area contributed by atoms with Gasteiger partial charge in [-0.1, -0.05) is 24.3 Å². The molecule has 2 amide bonds. The van der Waals surface area contributed by atoms with Crippen molar-refractivity contribution in [1.29, 1.82) is 0 Å². The minimum absolute atomic E-state index is 0.110. The molecule has 1 aromatic carbocycles. The number of benzene rings is 1. The lowest BCUT2D eigenvalue weighted by molar-refractivity contribution is 0.0184. The van der Waals surface area contributed by atoms with Crippen molar-refractivity contribution < 1.29 is 4.79 Å². The molecule has 5 rings (SSSR count). The Morgan fingerprint density at radius 1 is 1.12 bits per heavy atom. The number of fused-ring (bicyclic) bond motifs is 3. The smallest absolute Gasteiger partial charge is 0.319 e. The first kappa shape index (κ1) is 16.1. The van der Waals surface area contributed by atoms with Crippen LogP contribution in [0.5, 0.6) is 0 Å². The predicted octanol–water partition coefficient (Wildman–Crippen LogP) is 2.91. The standard InChI is InChI=1S/C20H24N4O/c25-20(22-17-6-2-1-3-7-17)23-19-16-8-11-24(12-9-16)18(19)13-15-5-4-10-21-14-15/h1-7,10,14,16,18-19H,8-9,11-13H2,(H2,22,23,25)/t18-,19-/m1/s1. The van der Waals surface area contributed by atoms with E-state index in [1.54, 1.807) is 6.20 Å². The monoisotopic (exact) mass is 336 g/mol. The van der Waals surface area contributed by atoms with Gasteiger partial charge in [0.1, 0.15) is 0 Å². The van der Waals surface area contributed by atoms with Crippen LogP contribution in [0.4, 0.5) is 10.5 Å². The second-order valence-corrected chi connectivity index (χ2v) is 7.00. The highest BCUT2D eigenvalue weighted by molar-refractivity contribution is 5.89. The summed E-state index contributed by atoms with van der Waals surface area (Å²) in [5.41, 5.74) is 2.06. The lowest BCUT2D eigenvalue weighted by Crippen LogP contribution is -2.64. The summed E-state index contributed by atoms with van der Waals surface area (Å²) in [4.78, 5) is 19.3. The summed E-state index contributed by atoms with van der Waals surface area (Å²) >= 11 is 0. The van der Waals surface area contributed by atoms with Crippen molar-refractivity contribution in [2.75, 3.05) is 18.4 Å². The van der Waals surface area contributed by atoms with Gasteiger partial charge in [-0.25, -0.2) is 4.79 Å². The van der Waals surface area contributed by atoms with Crippen molar-refractivity contribution in [2.24, 2.45) is 5.92 Å². The average molecular weight is 336 g/mol. The molecule has 2 N–H and O–H groups in total. The maximum atomic E-state index is 12.5. The van der Waals surface area contributed by atoms with Crippen molar-refractivity contribution in [3.63, 3.8) is 0 Å². The van der Waals surface area contributed by atoms with Crippen LogP contribution in [-0.2, 0) is 6.42 Å². The average Bonchev–Trinajstić information content (AvgIpc) is 2.66. The molecule has 25 heavy (non-hydrogen) atoms. The largest absolute Gasteiger partial charge is 0.333 e. The van der Waals surface area contributed by atoms with E-state index in [1.807, 2.05) is 42.6 Å². The lowest BCUT2D eigenvalue weighted by Gasteiger charge is -2.51. The zero-order chi connectivity index (χ0) is 17.1. The lowest BCUT2D eigenvalue weighted by atomic mass is 9.77. The summed E-state index contributed by atoms with van der Waals surface area (Å²) in [5, 5.41) is 6.21. The molecule has 4 heterocycles. The molecule has 3 saturated heterocycles. The fourth-order valence-electron chi connectivity index (χ4n) is 4.22. The van der Waals surface area contributed by atoms with Gasteiger partial charge in [-0.15, -0.1) is 0 Å². The molecule has 3 aliphatic rings. The van der Waals surface area contributed by atoms with Crippen LogP contribution in [0.15, 0.2) is 54.9 Å². The maximum absolute atomic E-state index is 12.5. The highest BCUT2D eigenvalue weighted by Crippen LogP contribution is 2.34. The van der Waals surface area contributed by atoms with E-state index < -0.39 is 0 Å². The molecule has 2 bridgehead atoms. The molecule has 1 aromatic heterocycles. The fourth-order valence-corrected chi connectivity index (χ4v) is 4.22. The molecule has 0 radical (unpaired) electrons. The van der Waals surface area contributed by atoms with Gasteiger partial charge < -0.3 is 10.6 Å². The predicted molar refractivity (Wildman–Crippen MR) is 98.4 cm³/mol. The molecule has 0 aliphatic carbocycles. The van der Waals surface area contributed by atoms with E-state index >= 15 is 0 Å². The van der Waals surface area contributed by atoms with Crippen molar-refractivity contribution in [3.05, 3.63) is 60.4 Å². The van der Waals surface area contributed by atoms with Crippen LogP contribution < -0.4 is 10.6 Å². The van der Waals surface area contributed by atoms with Gasteiger partial charge in [-0.2, -0.15) is 0 Å². The van der Waals surface area contributed by atoms with Gasteiger partial charge in [-0.05, 0) is 62.0 Å². The molecular formula is C20H24N4O. The minimum atomic E-state index is -0.110. The SMILES string of the molecule is O=C(Nc1ccccc1)N[C@@H]1C2CCN(CC2)[C@@H]1Cc1cccnc1. The summed E-state index contributed by atoms with van der Waals surface area (Å²) in [5.74, 6) is 0.563. The van der Waals surface area contributed by atoms with Gasteiger partial charge >= 0.3 is 6.03 Å². The number of hydrogen-bond donors (Lipinski definition) is 2. The summed E-state index contributed by atoms with van der Waals surface area (Å²) < 4.78 is 0. The van der Waals surface area contributed by atoms with Gasteiger partial charge in [0.2, 0.25) is 0 Å². The van der Waals surface area contributed by atoms with Crippen molar-refractivity contribution >= 4 is 11.7 Å². The number of rotatable bonds is 4. The molecule has 0 spiro atoms. The number of hydrogen-bond acceptors (Lipinski definition) is 3. The van der Waals surface area contributed by atoms with Crippen molar-refractivity contribution in [3.8, 4) is 0 Å². The highest BCUT2D eigenvalue weighted by atomic mass is 16.2. The van der Waals surface area contributed by atoms with Gasteiger partial charge in [0.05, 0.1) is 0 Å². The third kappa shape index (κ3) is 3.66. The van der Waals surface area contributed by atoms with Crippen LogP contribution in [0.1, 0.15) is 18.4 Å². The summed E-state index contributed by atoms with van der Waals surface area (Å²) in [6.07, 6.45) is 7.00. The maximum Gasteiger partial charge on any atom is 0.319 e. The van der Waals surface area contributed by atoms with Crippen LogP contribution in [0.3, 0.4) is 0 Å².